The molecule has 116 valence electrons. The summed E-state index contributed by atoms with van der Waals surface area (Å²) in [5, 5.41) is 3.89. The number of carbonyl (C=O) groups is 1. The number of halogens is 2. The van der Waals surface area contributed by atoms with E-state index in [1.807, 2.05) is 32.0 Å². The van der Waals surface area contributed by atoms with Gasteiger partial charge in [-0.15, -0.1) is 0 Å². The number of hydrogen-bond donors (Lipinski definition) is 1. The van der Waals surface area contributed by atoms with Gasteiger partial charge in [0.25, 0.3) is 0 Å². The molecule has 0 bridgehead atoms. The topological polar surface area (TPSA) is 38.3 Å². The number of rotatable bonds is 4. The van der Waals surface area contributed by atoms with Crippen molar-refractivity contribution in [3.8, 4) is 0 Å². The van der Waals surface area contributed by atoms with Crippen LogP contribution in [0.1, 0.15) is 37.1 Å². The maximum atomic E-state index is 12.4. The third-order valence-corrected chi connectivity index (χ3v) is 5.28. The number of ether oxygens (including phenoxy) is 1. The van der Waals surface area contributed by atoms with Crippen LogP contribution in [0, 0.1) is 5.92 Å². The maximum absolute atomic E-state index is 12.4. The summed E-state index contributed by atoms with van der Waals surface area (Å²) in [5.74, 6) is 0.0975. The number of alkyl halides is 1. The normalized spacial score (nSPS) is 18.3. The van der Waals surface area contributed by atoms with E-state index in [9.17, 15) is 4.79 Å². The van der Waals surface area contributed by atoms with E-state index in [0.29, 0.717) is 10.9 Å². The van der Waals surface area contributed by atoms with E-state index >= 15 is 0 Å². The average Bonchev–Trinajstić information content (AvgIpc) is 2.47. The van der Waals surface area contributed by atoms with Gasteiger partial charge in [0.05, 0.1) is 0 Å². The summed E-state index contributed by atoms with van der Waals surface area (Å²) < 4.78 is 5.78. The third kappa shape index (κ3) is 4.21. The van der Waals surface area contributed by atoms with E-state index in [2.05, 4.69) is 21.2 Å². The number of benzene rings is 1. The van der Waals surface area contributed by atoms with Crippen molar-refractivity contribution in [2.75, 3.05) is 13.1 Å². The Morgan fingerprint density at radius 1 is 1.38 bits per heavy atom. The Labute approximate surface area is 139 Å². The largest absolute Gasteiger partial charge is 0.458 e. The molecule has 1 aromatic rings. The van der Waals surface area contributed by atoms with E-state index in [-0.39, 0.29) is 5.97 Å². The van der Waals surface area contributed by atoms with Crippen LogP contribution in [-0.2, 0) is 9.53 Å². The molecule has 1 heterocycles. The van der Waals surface area contributed by atoms with E-state index in [1.165, 1.54) is 0 Å². The summed E-state index contributed by atoms with van der Waals surface area (Å²) in [7, 11) is 0. The van der Waals surface area contributed by atoms with Crippen LogP contribution < -0.4 is 5.32 Å². The minimum atomic E-state index is -0.535. The molecule has 0 aliphatic carbocycles. The fourth-order valence-electron chi connectivity index (χ4n) is 2.72. The van der Waals surface area contributed by atoms with Gasteiger partial charge in [0, 0.05) is 10.9 Å². The zero-order valence-corrected chi connectivity index (χ0v) is 14.7. The van der Waals surface area contributed by atoms with Crippen LogP contribution in [0.15, 0.2) is 24.3 Å². The molecule has 1 atom stereocenters. The van der Waals surface area contributed by atoms with Crippen molar-refractivity contribution >= 4 is 33.5 Å². The fraction of sp³-hybridized carbons (Fsp3) is 0.562. The molecule has 0 saturated carbocycles. The van der Waals surface area contributed by atoms with E-state index in [4.69, 9.17) is 16.3 Å². The summed E-state index contributed by atoms with van der Waals surface area (Å²) in [6, 6.07) is 7.31. The van der Waals surface area contributed by atoms with Crippen molar-refractivity contribution in [2.24, 2.45) is 5.92 Å². The molecule has 0 amide bonds. The molecule has 0 spiro atoms. The molecule has 0 aromatic heterocycles. The van der Waals surface area contributed by atoms with Gasteiger partial charge in [0.1, 0.15) is 10.4 Å². The van der Waals surface area contributed by atoms with Gasteiger partial charge in [-0.2, -0.15) is 0 Å². The Bertz CT molecular complexity index is 501. The van der Waals surface area contributed by atoms with E-state index in [0.717, 1.165) is 31.5 Å². The summed E-state index contributed by atoms with van der Waals surface area (Å²) in [5.41, 5.74) is 0.275. The molecule has 1 N–H and O–H groups in total. The molecular weight excluding hydrogens is 354 g/mol. The molecule has 1 aliphatic heterocycles. The molecule has 21 heavy (non-hydrogen) atoms. The maximum Gasteiger partial charge on any atom is 0.324 e. The van der Waals surface area contributed by atoms with E-state index < -0.39 is 10.4 Å². The molecule has 1 unspecified atom stereocenters. The van der Waals surface area contributed by atoms with Crippen LogP contribution >= 0.6 is 27.5 Å². The zero-order chi connectivity index (χ0) is 15.5. The van der Waals surface area contributed by atoms with Crippen LogP contribution in [-0.4, -0.2) is 24.7 Å². The molecule has 1 fully saturated rings. The highest BCUT2D eigenvalue weighted by molar-refractivity contribution is 9.09. The minimum absolute atomic E-state index is 0.286. The first-order valence-electron chi connectivity index (χ1n) is 7.24. The lowest BCUT2D eigenvalue weighted by Gasteiger charge is -2.37. The van der Waals surface area contributed by atoms with Gasteiger partial charge >= 0.3 is 5.97 Å². The zero-order valence-electron chi connectivity index (χ0n) is 12.4. The van der Waals surface area contributed by atoms with Crippen LogP contribution in [0.4, 0.5) is 0 Å². The number of nitrogens with one attached hydrogen (secondary N) is 1. The van der Waals surface area contributed by atoms with Gasteiger partial charge in [-0.3, -0.25) is 4.79 Å². The highest BCUT2D eigenvalue weighted by Gasteiger charge is 2.36. The van der Waals surface area contributed by atoms with Crippen LogP contribution in [0.5, 0.6) is 0 Å². The third-order valence-electron chi connectivity index (χ3n) is 4.07. The van der Waals surface area contributed by atoms with Crippen LogP contribution in [0.3, 0.4) is 0 Å². The van der Waals surface area contributed by atoms with Crippen LogP contribution in [0.2, 0.25) is 5.02 Å². The van der Waals surface area contributed by atoms with Gasteiger partial charge in [-0.05, 0) is 51.4 Å². The first-order chi connectivity index (χ1) is 9.92. The lowest BCUT2D eigenvalue weighted by Crippen LogP contribution is -2.43. The number of hydrogen-bond acceptors (Lipinski definition) is 3. The van der Waals surface area contributed by atoms with Crippen molar-refractivity contribution in [3.63, 3.8) is 0 Å². The summed E-state index contributed by atoms with van der Waals surface area (Å²) in [6.45, 7) is 5.95. The molecule has 5 heteroatoms. The summed E-state index contributed by atoms with van der Waals surface area (Å²) >= 11 is 9.54. The van der Waals surface area contributed by atoms with Crippen molar-refractivity contribution in [3.05, 3.63) is 34.9 Å². The Balaban J connectivity index is 2.04. The predicted octanol–water partition coefficient (Wildman–Crippen LogP) is 4.10. The fourth-order valence-corrected chi connectivity index (χ4v) is 3.59. The predicted molar refractivity (Wildman–Crippen MR) is 88.9 cm³/mol. The number of piperidine rings is 1. The van der Waals surface area contributed by atoms with Gasteiger partial charge in [0.15, 0.2) is 0 Å². The average molecular weight is 375 g/mol. The Hall–Kier alpha value is -0.580. The van der Waals surface area contributed by atoms with Crippen molar-refractivity contribution in [1.82, 2.24) is 5.32 Å². The number of carbonyl (C=O) groups excluding carboxylic acids is 1. The smallest absolute Gasteiger partial charge is 0.324 e. The second-order valence-electron chi connectivity index (χ2n) is 5.93. The quantitative estimate of drug-likeness (QED) is 0.637. The van der Waals surface area contributed by atoms with Gasteiger partial charge in [-0.25, -0.2) is 0 Å². The number of esters is 1. The van der Waals surface area contributed by atoms with Crippen molar-refractivity contribution in [1.29, 1.82) is 0 Å². The SMILES string of the molecule is CC(C)(OC(=O)C(Br)c1ccccc1Cl)C1CCNCC1. The lowest BCUT2D eigenvalue weighted by atomic mass is 9.83. The van der Waals surface area contributed by atoms with Gasteiger partial charge in [0.2, 0.25) is 0 Å². The first kappa shape index (κ1) is 16.8. The highest BCUT2D eigenvalue weighted by atomic mass is 79.9. The van der Waals surface area contributed by atoms with Crippen molar-refractivity contribution in [2.45, 2.75) is 37.1 Å². The Morgan fingerprint density at radius 3 is 2.62 bits per heavy atom. The monoisotopic (exact) mass is 373 g/mol. The Morgan fingerprint density at radius 2 is 2.00 bits per heavy atom. The van der Waals surface area contributed by atoms with Gasteiger partial charge < -0.3 is 10.1 Å². The highest BCUT2D eigenvalue weighted by Crippen LogP contribution is 2.35. The van der Waals surface area contributed by atoms with Crippen molar-refractivity contribution < 1.29 is 9.53 Å². The Kier molecular flexibility index (Phi) is 5.69. The molecule has 1 aromatic carbocycles. The second-order valence-corrected chi connectivity index (χ2v) is 7.26. The molecule has 1 saturated heterocycles. The summed E-state index contributed by atoms with van der Waals surface area (Å²) in [4.78, 5) is 11.9. The first-order valence-corrected chi connectivity index (χ1v) is 8.53. The standard InChI is InChI=1S/C16H21BrClNO2/c1-16(2,11-7-9-19-10-8-11)21-15(20)14(17)12-5-3-4-6-13(12)18/h3-6,11,14,19H,7-10H2,1-2H3. The molecule has 2 rings (SSSR count). The van der Waals surface area contributed by atoms with E-state index in [1.54, 1.807) is 6.07 Å². The lowest BCUT2D eigenvalue weighted by molar-refractivity contribution is -0.162. The molecule has 1 aliphatic rings. The van der Waals surface area contributed by atoms with Crippen LogP contribution in [0.25, 0.3) is 0 Å². The minimum Gasteiger partial charge on any atom is -0.458 e. The summed E-state index contributed by atoms with van der Waals surface area (Å²) in [6.07, 6.45) is 2.05. The molecular formula is C16H21BrClNO2. The molecule has 3 nitrogen and oxygen atoms in total. The molecule has 0 radical (unpaired) electrons. The van der Waals surface area contributed by atoms with Gasteiger partial charge in [-0.1, -0.05) is 45.7 Å². The second kappa shape index (κ2) is 7.12.